The minimum absolute atomic E-state index is 0.242. The van der Waals surface area contributed by atoms with Crippen LogP contribution in [0.3, 0.4) is 0 Å². The molecule has 2 heterocycles. The van der Waals surface area contributed by atoms with E-state index in [9.17, 15) is 10.1 Å². The summed E-state index contributed by atoms with van der Waals surface area (Å²) in [5, 5.41) is 15.6. The van der Waals surface area contributed by atoms with Gasteiger partial charge in [-0.15, -0.1) is 5.92 Å². The molecule has 0 aliphatic rings. The van der Waals surface area contributed by atoms with Gasteiger partial charge in [-0.1, -0.05) is 36.3 Å². The van der Waals surface area contributed by atoms with Gasteiger partial charge in [0.05, 0.1) is 30.9 Å². The molecule has 0 unspecified atom stereocenters. The van der Waals surface area contributed by atoms with Crippen molar-refractivity contribution in [2.45, 2.75) is 20.0 Å². The van der Waals surface area contributed by atoms with Gasteiger partial charge in [-0.05, 0) is 29.3 Å². The molecule has 32 heavy (non-hydrogen) atoms. The van der Waals surface area contributed by atoms with Crippen LogP contribution in [0.2, 0.25) is 0 Å². The molecule has 8 heteroatoms. The minimum atomic E-state index is -0.242. The van der Waals surface area contributed by atoms with Gasteiger partial charge < -0.3 is 10.6 Å². The average molecular weight is 425 g/mol. The molecule has 160 valence electrons. The SMILES string of the molecule is CC#CCn1c(N(C)CCN)nc2cnn(Cc3ccc(C#N)c4ccccc34)c(=O)c21. The second-order valence-electron chi connectivity index (χ2n) is 7.41. The summed E-state index contributed by atoms with van der Waals surface area (Å²) in [6.07, 6.45) is 1.61. The van der Waals surface area contributed by atoms with E-state index >= 15 is 0 Å². The van der Waals surface area contributed by atoms with E-state index in [1.807, 2.05) is 46.8 Å². The Morgan fingerprint density at radius 2 is 1.97 bits per heavy atom. The summed E-state index contributed by atoms with van der Waals surface area (Å²) in [6, 6.07) is 13.6. The molecule has 2 aromatic heterocycles. The maximum atomic E-state index is 13.5. The summed E-state index contributed by atoms with van der Waals surface area (Å²) >= 11 is 0. The van der Waals surface area contributed by atoms with Gasteiger partial charge in [0.15, 0.2) is 0 Å². The largest absolute Gasteiger partial charge is 0.344 e. The van der Waals surface area contributed by atoms with Gasteiger partial charge in [0.25, 0.3) is 5.56 Å². The second kappa shape index (κ2) is 8.93. The number of aromatic nitrogens is 4. The van der Waals surface area contributed by atoms with E-state index in [1.54, 1.807) is 19.2 Å². The molecule has 0 aliphatic carbocycles. The lowest BCUT2D eigenvalue weighted by Crippen LogP contribution is -2.29. The van der Waals surface area contributed by atoms with Crippen LogP contribution in [0.4, 0.5) is 5.95 Å². The number of nitrogens with zero attached hydrogens (tertiary/aromatic N) is 6. The number of hydrogen-bond donors (Lipinski definition) is 1. The van der Waals surface area contributed by atoms with Crippen molar-refractivity contribution in [1.29, 1.82) is 5.26 Å². The molecular weight excluding hydrogens is 402 g/mol. The van der Waals surface area contributed by atoms with Gasteiger partial charge >= 0.3 is 0 Å². The Balaban J connectivity index is 1.86. The first-order valence-corrected chi connectivity index (χ1v) is 10.3. The third-order valence-electron chi connectivity index (χ3n) is 5.41. The van der Waals surface area contributed by atoms with Gasteiger partial charge in [-0.2, -0.15) is 10.4 Å². The van der Waals surface area contributed by atoms with E-state index in [-0.39, 0.29) is 12.1 Å². The van der Waals surface area contributed by atoms with E-state index in [4.69, 9.17) is 5.73 Å². The standard InChI is InChI=1S/C24H23N7O/c1-3-4-12-30-22-21(28-24(30)29(2)13-11-25)15-27-31(23(22)32)16-18-10-9-17(14-26)19-7-5-6-8-20(18)19/h5-10,15H,11-13,16,25H2,1-2H3. The number of hydrogen-bond acceptors (Lipinski definition) is 6. The maximum absolute atomic E-state index is 13.5. The Bertz CT molecular complexity index is 1460. The molecule has 0 radical (unpaired) electrons. The second-order valence-corrected chi connectivity index (χ2v) is 7.41. The van der Waals surface area contributed by atoms with Gasteiger partial charge in [-0.3, -0.25) is 9.36 Å². The molecular formula is C24H23N7O. The van der Waals surface area contributed by atoms with Crippen LogP contribution in [-0.4, -0.2) is 39.5 Å². The Morgan fingerprint density at radius 1 is 1.19 bits per heavy atom. The van der Waals surface area contributed by atoms with Crippen molar-refractivity contribution in [2.75, 3.05) is 25.0 Å². The van der Waals surface area contributed by atoms with Crippen molar-refractivity contribution in [3.63, 3.8) is 0 Å². The Morgan fingerprint density at radius 3 is 2.69 bits per heavy atom. The highest BCUT2D eigenvalue weighted by molar-refractivity contribution is 5.90. The lowest BCUT2D eigenvalue weighted by Gasteiger charge is -2.17. The third-order valence-corrected chi connectivity index (χ3v) is 5.41. The van der Waals surface area contributed by atoms with Crippen LogP contribution in [0.15, 0.2) is 47.4 Å². The zero-order chi connectivity index (χ0) is 22.7. The van der Waals surface area contributed by atoms with E-state index in [1.165, 1.54) is 4.68 Å². The monoisotopic (exact) mass is 425 g/mol. The van der Waals surface area contributed by atoms with Crippen LogP contribution < -0.4 is 16.2 Å². The summed E-state index contributed by atoms with van der Waals surface area (Å²) in [7, 11) is 1.89. The smallest absolute Gasteiger partial charge is 0.293 e. The molecule has 0 fully saturated rings. The fourth-order valence-corrected chi connectivity index (χ4v) is 3.84. The molecule has 0 spiro atoms. The van der Waals surface area contributed by atoms with Crippen molar-refractivity contribution in [3.8, 4) is 17.9 Å². The van der Waals surface area contributed by atoms with E-state index in [0.717, 1.165) is 16.3 Å². The number of rotatable bonds is 6. The molecule has 0 aliphatic heterocycles. The van der Waals surface area contributed by atoms with Crippen molar-refractivity contribution in [3.05, 3.63) is 64.1 Å². The predicted octanol–water partition coefficient (Wildman–Crippen LogP) is 2.08. The number of anilines is 1. The fraction of sp³-hybridized carbons (Fsp3) is 0.250. The molecule has 0 saturated heterocycles. The molecule has 0 atom stereocenters. The summed E-state index contributed by atoms with van der Waals surface area (Å²) in [6.45, 7) is 3.45. The third kappa shape index (κ3) is 3.68. The first-order chi connectivity index (χ1) is 15.6. The molecule has 0 bridgehead atoms. The van der Waals surface area contributed by atoms with Crippen LogP contribution in [0, 0.1) is 23.2 Å². The minimum Gasteiger partial charge on any atom is -0.344 e. The lowest BCUT2D eigenvalue weighted by atomic mass is 10.00. The highest BCUT2D eigenvalue weighted by Gasteiger charge is 2.18. The Labute approximate surface area is 185 Å². The first kappa shape index (κ1) is 21.1. The number of nitriles is 1. The van der Waals surface area contributed by atoms with Gasteiger partial charge in [0, 0.05) is 20.1 Å². The van der Waals surface area contributed by atoms with Crippen molar-refractivity contribution in [2.24, 2.45) is 5.73 Å². The van der Waals surface area contributed by atoms with E-state index in [2.05, 4.69) is 28.0 Å². The highest BCUT2D eigenvalue weighted by Crippen LogP contribution is 2.23. The van der Waals surface area contributed by atoms with Gasteiger partial charge in [0.1, 0.15) is 11.0 Å². The Kier molecular flexibility index (Phi) is 5.89. The summed E-state index contributed by atoms with van der Waals surface area (Å²) in [4.78, 5) is 20.0. The first-order valence-electron chi connectivity index (χ1n) is 10.3. The molecule has 2 aromatic carbocycles. The normalized spacial score (nSPS) is 10.7. The summed E-state index contributed by atoms with van der Waals surface area (Å²) in [5.74, 6) is 6.54. The quantitative estimate of drug-likeness (QED) is 0.474. The molecule has 8 nitrogen and oxygen atoms in total. The lowest BCUT2D eigenvalue weighted by molar-refractivity contribution is 0.645. The molecule has 0 saturated carbocycles. The van der Waals surface area contributed by atoms with Gasteiger partial charge in [-0.25, -0.2) is 9.67 Å². The van der Waals surface area contributed by atoms with Crippen LogP contribution in [0.1, 0.15) is 18.1 Å². The van der Waals surface area contributed by atoms with Gasteiger partial charge in [0.2, 0.25) is 5.95 Å². The number of imidazole rings is 1. The average Bonchev–Trinajstić information content (AvgIpc) is 3.19. The van der Waals surface area contributed by atoms with Crippen LogP contribution >= 0.6 is 0 Å². The van der Waals surface area contributed by atoms with E-state index < -0.39 is 0 Å². The summed E-state index contributed by atoms with van der Waals surface area (Å²) in [5.41, 5.74) is 7.96. The highest BCUT2D eigenvalue weighted by atomic mass is 16.1. The van der Waals surface area contributed by atoms with E-state index in [0.29, 0.717) is 42.2 Å². The molecule has 4 rings (SSSR count). The molecule has 2 N–H and O–H groups in total. The summed E-state index contributed by atoms with van der Waals surface area (Å²) < 4.78 is 3.25. The predicted molar refractivity (Wildman–Crippen MR) is 125 cm³/mol. The number of fused-ring (bicyclic) bond motifs is 2. The van der Waals surface area contributed by atoms with Crippen molar-refractivity contribution in [1.82, 2.24) is 19.3 Å². The Hall–Kier alpha value is -4.14. The molecule has 0 amide bonds. The molecule has 4 aromatic rings. The number of nitrogens with two attached hydrogens (primary N) is 1. The zero-order valence-electron chi connectivity index (χ0n) is 18.0. The van der Waals surface area contributed by atoms with Crippen LogP contribution in [0.5, 0.6) is 0 Å². The van der Waals surface area contributed by atoms with Crippen LogP contribution in [-0.2, 0) is 13.1 Å². The van der Waals surface area contributed by atoms with Crippen molar-refractivity contribution >= 4 is 27.8 Å². The topological polar surface area (TPSA) is 106 Å². The number of benzene rings is 2. The zero-order valence-corrected chi connectivity index (χ0v) is 18.0. The number of likely N-dealkylation sites (N-methyl/N-ethyl adjacent to an activating group) is 1. The fourth-order valence-electron chi connectivity index (χ4n) is 3.84. The maximum Gasteiger partial charge on any atom is 0.293 e. The van der Waals surface area contributed by atoms with Crippen LogP contribution in [0.25, 0.3) is 21.8 Å². The van der Waals surface area contributed by atoms with Crippen molar-refractivity contribution < 1.29 is 0 Å².